The number of nitrogens with zero attached hydrogens (tertiary/aromatic N) is 3. The summed E-state index contributed by atoms with van der Waals surface area (Å²) in [6.45, 7) is 3.62. The molecule has 1 aliphatic carbocycles. The second-order valence-corrected chi connectivity index (χ2v) is 9.84. The Morgan fingerprint density at radius 2 is 1.86 bits per heavy atom. The summed E-state index contributed by atoms with van der Waals surface area (Å²) in [6, 6.07) is 9.07. The van der Waals surface area contributed by atoms with Crippen LogP contribution in [0.2, 0.25) is 0 Å². The van der Waals surface area contributed by atoms with Gasteiger partial charge in [0.05, 0.1) is 10.4 Å². The lowest BCUT2D eigenvalue weighted by Crippen LogP contribution is -2.43. The van der Waals surface area contributed by atoms with E-state index in [2.05, 4.69) is 34.5 Å². The normalized spacial score (nSPS) is 23.9. The summed E-state index contributed by atoms with van der Waals surface area (Å²) in [7, 11) is 3.61. The van der Waals surface area contributed by atoms with Crippen molar-refractivity contribution < 1.29 is 4.79 Å². The molecule has 0 unspecified atom stereocenters. The molecule has 2 aromatic rings. The van der Waals surface area contributed by atoms with Crippen molar-refractivity contribution in [1.29, 1.82) is 0 Å². The SMILES string of the molecule is CN(C)C(=O)NC1CCC(CCN2CCC(c3nsc4ccccc34)CC2)CC1. The van der Waals surface area contributed by atoms with Gasteiger partial charge in [-0.3, -0.25) is 0 Å². The van der Waals surface area contributed by atoms with Crippen LogP contribution in [0.15, 0.2) is 24.3 Å². The van der Waals surface area contributed by atoms with Crippen molar-refractivity contribution in [3.05, 3.63) is 30.0 Å². The Morgan fingerprint density at radius 3 is 2.59 bits per heavy atom. The Bertz CT molecular complexity index is 804. The van der Waals surface area contributed by atoms with Crippen LogP contribution in [0.5, 0.6) is 0 Å². The van der Waals surface area contributed by atoms with Crippen LogP contribution >= 0.6 is 11.5 Å². The van der Waals surface area contributed by atoms with E-state index >= 15 is 0 Å². The van der Waals surface area contributed by atoms with E-state index in [0.29, 0.717) is 12.0 Å². The number of carbonyl (C=O) groups excluding carboxylic acids is 1. The van der Waals surface area contributed by atoms with Crippen molar-refractivity contribution in [2.75, 3.05) is 33.7 Å². The quantitative estimate of drug-likeness (QED) is 0.772. The van der Waals surface area contributed by atoms with Crippen molar-refractivity contribution in [2.24, 2.45) is 5.92 Å². The van der Waals surface area contributed by atoms with Gasteiger partial charge in [0.2, 0.25) is 0 Å². The number of rotatable bonds is 5. The predicted octanol–water partition coefficient (Wildman–Crippen LogP) is 4.70. The Balaban J connectivity index is 1.18. The van der Waals surface area contributed by atoms with Gasteiger partial charge in [-0.2, -0.15) is 4.37 Å². The van der Waals surface area contributed by atoms with Gasteiger partial charge < -0.3 is 15.1 Å². The van der Waals surface area contributed by atoms with E-state index in [0.717, 1.165) is 18.8 Å². The first kappa shape index (κ1) is 20.6. The van der Waals surface area contributed by atoms with E-state index in [1.807, 2.05) is 0 Å². The van der Waals surface area contributed by atoms with Gasteiger partial charge in [-0.25, -0.2) is 4.79 Å². The molecule has 1 aliphatic heterocycles. The van der Waals surface area contributed by atoms with Gasteiger partial charge in [0.1, 0.15) is 0 Å². The third-order valence-electron chi connectivity index (χ3n) is 6.81. The minimum absolute atomic E-state index is 0.0456. The highest BCUT2D eigenvalue weighted by molar-refractivity contribution is 7.13. The van der Waals surface area contributed by atoms with Gasteiger partial charge in [-0.1, -0.05) is 18.2 Å². The lowest BCUT2D eigenvalue weighted by molar-refractivity contribution is 0.179. The first-order chi connectivity index (χ1) is 14.1. The number of amides is 2. The second kappa shape index (κ2) is 9.43. The van der Waals surface area contributed by atoms with Crippen LogP contribution in [0.25, 0.3) is 10.1 Å². The molecule has 1 saturated carbocycles. The molecule has 29 heavy (non-hydrogen) atoms. The number of aromatic nitrogens is 1. The molecule has 1 saturated heterocycles. The molecule has 0 radical (unpaired) electrons. The van der Waals surface area contributed by atoms with E-state index in [-0.39, 0.29) is 6.03 Å². The standard InChI is InChI=1S/C23H34N4OS/c1-26(2)23(28)24-19-9-7-17(8-10-19)11-14-27-15-12-18(13-16-27)22-20-5-3-4-6-21(20)29-25-22/h3-6,17-19H,7-16H2,1-2H3,(H,24,28). The Kier molecular flexibility index (Phi) is 6.70. The summed E-state index contributed by atoms with van der Waals surface area (Å²) < 4.78 is 6.11. The largest absolute Gasteiger partial charge is 0.335 e. The minimum Gasteiger partial charge on any atom is -0.335 e. The molecule has 6 heteroatoms. The lowest BCUT2D eigenvalue weighted by atomic mass is 9.83. The summed E-state index contributed by atoms with van der Waals surface area (Å²) in [4.78, 5) is 16.1. The molecule has 4 rings (SSSR count). The van der Waals surface area contributed by atoms with Crippen molar-refractivity contribution in [3.63, 3.8) is 0 Å². The van der Waals surface area contributed by atoms with Gasteiger partial charge in [-0.15, -0.1) is 0 Å². The second-order valence-electron chi connectivity index (χ2n) is 9.03. The summed E-state index contributed by atoms with van der Waals surface area (Å²) in [6.07, 6.45) is 8.53. The fourth-order valence-corrected chi connectivity index (χ4v) is 5.75. The van der Waals surface area contributed by atoms with Crippen molar-refractivity contribution >= 4 is 27.6 Å². The van der Waals surface area contributed by atoms with Crippen LogP contribution < -0.4 is 5.32 Å². The molecular formula is C23H34N4OS. The summed E-state index contributed by atoms with van der Waals surface area (Å²) in [5.74, 6) is 1.45. The Morgan fingerprint density at radius 1 is 1.14 bits per heavy atom. The molecule has 5 nitrogen and oxygen atoms in total. The summed E-state index contributed by atoms with van der Waals surface area (Å²) in [5.41, 5.74) is 1.34. The number of fused-ring (bicyclic) bond motifs is 1. The monoisotopic (exact) mass is 414 g/mol. The van der Waals surface area contributed by atoms with Crippen LogP contribution in [0.4, 0.5) is 4.79 Å². The number of urea groups is 1. The topological polar surface area (TPSA) is 48.5 Å². The maximum atomic E-state index is 11.8. The summed E-state index contributed by atoms with van der Waals surface area (Å²) >= 11 is 1.65. The highest BCUT2D eigenvalue weighted by Crippen LogP contribution is 2.34. The average Bonchev–Trinajstić information content (AvgIpc) is 3.18. The highest BCUT2D eigenvalue weighted by Gasteiger charge is 2.26. The fourth-order valence-electron chi connectivity index (χ4n) is 4.89. The highest BCUT2D eigenvalue weighted by atomic mass is 32.1. The van der Waals surface area contributed by atoms with Gasteiger partial charge in [0.15, 0.2) is 0 Å². The van der Waals surface area contributed by atoms with Gasteiger partial charge in [0, 0.05) is 31.4 Å². The van der Waals surface area contributed by atoms with Crippen molar-refractivity contribution in [1.82, 2.24) is 19.5 Å². The molecule has 1 aromatic carbocycles. The first-order valence-corrected chi connectivity index (χ1v) is 11.9. The third kappa shape index (κ3) is 5.10. The molecule has 2 aliphatic rings. The molecule has 2 amide bonds. The Hall–Kier alpha value is -1.66. The maximum absolute atomic E-state index is 11.8. The van der Waals surface area contributed by atoms with Crippen LogP contribution in [0.3, 0.4) is 0 Å². The van der Waals surface area contributed by atoms with E-state index in [1.54, 1.807) is 30.5 Å². The number of piperidine rings is 1. The molecular weight excluding hydrogens is 380 g/mol. The maximum Gasteiger partial charge on any atom is 0.317 e. The van der Waals surface area contributed by atoms with Crippen LogP contribution in [0.1, 0.15) is 56.6 Å². The number of hydrogen-bond donors (Lipinski definition) is 1. The molecule has 2 heterocycles. The number of likely N-dealkylation sites (tertiary alicyclic amines) is 1. The number of benzene rings is 1. The van der Waals surface area contributed by atoms with E-state index in [1.165, 1.54) is 67.5 Å². The molecule has 158 valence electrons. The molecule has 2 fully saturated rings. The average molecular weight is 415 g/mol. The molecule has 1 aromatic heterocycles. The number of nitrogens with one attached hydrogen (secondary N) is 1. The molecule has 0 spiro atoms. The molecule has 0 atom stereocenters. The fraction of sp³-hybridized carbons (Fsp3) is 0.652. The molecule has 1 N–H and O–H groups in total. The van der Waals surface area contributed by atoms with Crippen molar-refractivity contribution in [3.8, 4) is 0 Å². The predicted molar refractivity (Wildman–Crippen MR) is 121 cm³/mol. The van der Waals surface area contributed by atoms with Gasteiger partial charge >= 0.3 is 6.03 Å². The van der Waals surface area contributed by atoms with E-state index < -0.39 is 0 Å². The van der Waals surface area contributed by atoms with Crippen LogP contribution in [0, 0.1) is 5.92 Å². The Labute approximate surface area is 178 Å². The number of carbonyl (C=O) groups is 1. The zero-order valence-electron chi connectivity index (χ0n) is 17.8. The van der Waals surface area contributed by atoms with E-state index in [9.17, 15) is 4.79 Å². The van der Waals surface area contributed by atoms with Crippen LogP contribution in [-0.2, 0) is 0 Å². The zero-order chi connectivity index (χ0) is 20.2. The molecule has 0 bridgehead atoms. The summed E-state index contributed by atoms with van der Waals surface area (Å²) in [5, 5.41) is 4.52. The van der Waals surface area contributed by atoms with Crippen molar-refractivity contribution in [2.45, 2.75) is 56.9 Å². The zero-order valence-corrected chi connectivity index (χ0v) is 18.6. The third-order valence-corrected chi connectivity index (χ3v) is 7.65. The van der Waals surface area contributed by atoms with Gasteiger partial charge in [0.25, 0.3) is 0 Å². The van der Waals surface area contributed by atoms with Gasteiger partial charge in [-0.05, 0) is 88.1 Å². The first-order valence-electron chi connectivity index (χ1n) is 11.1. The smallest absolute Gasteiger partial charge is 0.317 e. The van der Waals surface area contributed by atoms with E-state index in [4.69, 9.17) is 4.37 Å². The minimum atomic E-state index is 0.0456. The number of hydrogen-bond acceptors (Lipinski definition) is 4. The van der Waals surface area contributed by atoms with Crippen LogP contribution in [-0.4, -0.2) is 60.0 Å². The lowest BCUT2D eigenvalue weighted by Gasteiger charge is -2.34.